The summed E-state index contributed by atoms with van der Waals surface area (Å²) in [7, 11) is 0. The lowest BCUT2D eigenvalue weighted by Gasteiger charge is -2.08. The summed E-state index contributed by atoms with van der Waals surface area (Å²) in [4.78, 5) is 8.49. The van der Waals surface area contributed by atoms with Crippen LogP contribution in [-0.2, 0) is 0 Å². The lowest BCUT2D eigenvalue weighted by Crippen LogP contribution is -1.98. The molecule has 0 saturated carbocycles. The van der Waals surface area contributed by atoms with Gasteiger partial charge in [-0.1, -0.05) is 12.1 Å². The smallest absolute Gasteiger partial charge is 0.131 e. The van der Waals surface area contributed by atoms with Crippen LogP contribution in [0.3, 0.4) is 0 Å². The van der Waals surface area contributed by atoms with Crippen molar-refractivity contribution >= 4 is 38.2 Å². The van der Waals surface area contributed by atoms with Gasteiger partial charge in [-0.2, -0.15) is 0 Å². The molecule has 0 spiro atoms. The monoisotopic (exact) mass is 320 g/mol. The highest BCUT2D eigenvalue weighted by Gasteiger charge is 2.14. The van der Waals surface area contributed by atoms with E-state index in [1.54, 1.807) is 6.20 Å². The topological polar surface area (TPSA) is 46.0 Å². The molecular weight excluding hydrogens is 312 g/mol. The van der Waals surface area contributed by atoms with E-state index in [4.69, 9.17) is 0 Å². The van der Waals surface area contributed by atoms with E-state index in [1.165, 1.54) is 11.3 Å². The van der Waals surface area contributed by atoms with Crippen molar-refractivity contribution in [2.24, 2.45) is 0 Å². The molecule has 1 N–H and O–H groups in total. The Morgan fingerprint density at radius 3 is 2.94 bits per heavy atom. The number of nitrogens with zero attached hydrogens (tertiary/aromatic N) is 2. The number of aliphatic hydroxyl groups is 1. The van der Waals surface area contributed by atoms with E-state index in [1.807, 2.05) is 35.7 Å². The molecule has 3 rings (SSSR count). The Morgan fingerprint density at radius 1 is 1.28 bits per heavy atom. The van der Waals surface area contributed by atoms with Gasteiger partial charge in [0, 0.05) is 17.0 Å². The molecule has 5 heteroatoms. The van der Waals surface area contributed by atoms with E-state index in [0.29, 0.717) is 5.01 Å². The van der Waals surface area contributed by atoms with Gasteiger partial charge in [-0.3, -0.25) is 4.98 Å². The highest BCUT2D eigenvalue weighted by Crippen LogP contribution is 2.28. The van der Waals surface area contributed by atoms with Crippen molar-refractivity contribution in [2.75, 3.05) is 0 Å². The Balaban J connectivity index is 2.03. The number of pyridine rings is 1. The van der Waals surface area contributed by atoms with E-state index in [-0.39, 0.29) is 0 Å². The van der Waals surface area contributed by atoms with Gasteiger partial charge < -0.3 is 5.11 Å². The van der Waals surface area contributed by atoms with Gasteiger partial charge in [0.25, 0.3) is 0 Å². The van der Waals surface area contributed by atoms with Crippen LogP contribution in [0.15, 0.2) is 46.5 Å². The van der Waals surface area contributed by atoms with E-state index < -0.39 is 6.10 Å². The van der Waals surface area contributed by atoms with Crippen molar-refractivity contribution in [3.8, 4) is 0 Å². The van der Waals surface area contributed by atoms with Gasteiger partial charge in [0.1, 0.15) is 15.7 Å². The molecular formula is C13H9BrN2OS. The first-order valence-corrected chi connectivity index (χ1v) is 7.05. The van der Waals surface area contributed by atoms with Gasteiger partial charge in [-0.25, -0.2) is 4.98 Å². The fourth-order valence-corrected chi connectivity index (χ4v) is 3.07. The minimum atomic E-state index is -0.689. The molecule has 3 aromatic rings. The Kier molecular flexibility index (Phi) is 3.11. The van der Waals surface area contributed by atoms with Gasteiger partial charge in [0.05, 0.1) is 5.52 Å². The van der Waals surface area contributed by atoms with Crippen LogP contribution in [0.5, 0.6) is 0 Å². The van der Waals surface area contributed by atoms with Crippen molar-refractivity contribution < 1.29 is 5.11 Å². The predicted octanol–water partition coefficient (Wildman–Crippen LogP) is 3.54. The quantitative estimate of drug-likeness (QED) is 0.785. The molecule has 1 atom stereocenters. The largest absolute Gasteiger partial charge is 0.381 e. The Bertz CT molecular complexity index is 698. The summed E-state index contributed by atoms with van der Waals surface area (Å²) in [6, 6.07) is 9.61. The Labute approximate surface area is 116 Å². The van der Waals surface area contributed by atoms with Crippen molar-refractivity contribution in [3.05, 3.63) is 57.1 Å². The summed E-state index contributed by atoms with van der Waals surface area (Å²) in [5.74, 6) is 0. The second-order valence-corrected chi connectivity index (χ2v) is 5.57. The van der Waals surface area contributed by atoms with E-state index in [0.717, 1.165) is 21.1 Å². The lowest BCUT2D eigenvalue weighted by molar-refractivity contribution is 0.220. The third-order valence-electron chi connectivity index (χ3n) is 2.67. The summed E-state index contributed by atoms with van der Waals surface area (Å²) in [6.07, 6.45) is 1.07. The lowest BCUT2D eigenvalue weighted by atomic mass is 10.1. The van der Waals surface area contributed by atoms with Gasteiger partial charge in [-0.15, -0.1) is 11.3 Å². The third kappa shape index (κ3) is 2.16. The van der Waals surface area contributed by atoms with Crippen LogP contribution >= 0.6 is 27.3 Å². The van der Waals surface area contributed by atoms with Gasteiger partial charge in [0.2, 0.25) is 0 Å². The van der Waals surface area contributed by atoms with Crippen LogP contribution in [0.1, 0.15) is 16.7 Å². The minimum Gasteiger partial charge on any atom is -0.381 e. The summed E-state index contributed by atoms with van der Waals surface area (Å²) >= 11 is 4.73. The maximum Gasteiger partial charge on any atom is 0.131 e. The van der Waals surface area contributed by atoms with E-state index >= 15 is 0 Å². The molecule has 0 fully saturated rings. The highest BCUT2D eigenvalue weighted by atomic mass is 79.9. The zero-order chi connectivity index (χ0) is 12.5. The average molecular weight is 321 g/mol. The molecule has 90 valence electrons. The van der Waals surface area contributed by atoms with E-state index in [9.17, 15) is 5.11 Å². The van der Waals surface area contributed by atoms with Crippen molar-refractivity contribution in [1.82, 2.24) is 9.97 Å². The fraction of sp³-hybridized carbons (Fsp3) is 0.0769. The number of aromatic nitrogens is 2. The summed E-state index contributed by atoms with van der Waals surface area (Å²) in [5, 5.41) is 13.8. The normalized spacial score (nSPS) is 12.8. The molecule has 1 aromatic carbocycles. The second-order valence-electron chi connectivity index (χ2n) is 3.87. The number of halogens is 1. The molecule has 1 unspecified atom stereocenters. The third-order valence-corrected chi connectivity index (χ3v) is 4.28. The molecule has 2 heterocycles. The first-order chi connectivity index (χ1) is 8.74. The van der Waals surface area contributed by atoms with Crippen molar-refractivity contribution in [3.63, 3.8) is 0 Å². The van der Waals surface area contributed by atoms with Gasteiger partial charge >= 0.3 is 0 Å². The Hall–Kier alpha value is -1.30. The molecule has 0 aliphatic heterocycles. The minimum absolute atomic E-state index is 0.685. The summed E-state index contributed by atoms with van der Waals surface area (Å²) in [6.45, 7) is 0. The molecule has 2 aromatic heterocycles. The number of thiazole rings is 1. The highest BCUT2D eigenvalue weighted by molar-refractivity contribution is 9.10. The molecule has 0 radical (unpaired) electrons. The van der Waals surface area contributed by atoms with Gasteiger partial charge in [0.15, 0.2) is 0 Å². The zero-order valence-electron chi connectivity index (χ0n) is 9.25. The van der Waals surface area contributed by atoms with Crippen LogP contribution < -0.4 is 0 Å². The molecule has 18 heavy (non-hydrogen) atoms. The van der Waals surface area contributed by atoms with Crippen LogP contribution in [-0.4, -0.2) is 15.1 Å². The standard InChI is InChI=1S/C13H9BrN2OS/c14-11-7-18-13(16-11)12(17)9-3-4-10-8(6-9)2-1-5-15-10/h1-7,12,17H. The fourth-order valence-electron chi connectivity index (χ4n) is 1.80. The first kappa shape index (κ1) is 11.8. The van der Waals surface area contributed by atoms with E-state index in [2.05, 4.69) is 25.9 Å². The predicted molar refractivity (Wildman–Crippen MR) is 75.6 cm³/mol. The number of benzene rings is 1. The molecule has 0 aliphatic rings. The number of hydrogen-bond donors (Lipinski definition) is 1. The maximum atomic E-state index is 10.3. The number of aliphatic hydroxyl groups excluding tert-OH is 1. The van der Waals surface area contributed by atoms with Crippen LogP contribution in [0.25, 0.3) is 10.9 Å². The maximum absolute atomic E-state index is 10.3. The average Bonchev–Trinajstić information content (AvgIpc) is 2.84. The molecule has 0 aliphatic carbocycles. The molecule has 3 nitrogen and oxygen atoms in total. The first-order valence-electron chi connectivity index (χ1n) is 5.38. The molecule has 0 saturated heterocycles. The Morgan fingerprint density at radius 2 is 2.17 bits per heavy atom. The molecule has 0 bridgehead atoms. The van der Waals surface area contributed by atoms with Crippen LogP contribution in [0.2, 0.25) is 0 Å². The number of hydrogen-bond acceptors (Lipinski definition) is 4. The molecule has 0 amide bonds. The van der Waals surface area contributed by atoms with Gasteiger partial charge in [-0.05, 0) is 39.7 Å². The van der Waals surface area contributed by atoms with Crippen LogP contribution in [0, 0.1) is 0 Å². The number of fused-ring (bicyclic) bond motifs is 1. The summed E-state index contributed by atoms with van der Waals surface area (Å²) < 4.78 is 0.754. The zero-order valence-corrected chi connectivity index (χ0v) is 11.6. The number of rotatable bonds is 2. The summed E-state index contributed by atoms with van der Waals surface area (Å²) in [5.41, 5.74) is 1.76. The SMILES string of the molecule is OC(c1ccc2ncccc2c1)c1nc(Br)cs1. The second kappa shape index (κ2) is 4.76. The van der Waals surface area contributed by atoms with Crippen molar-refractivity contribution in [2.45, 2.75) is 6.10 Å². The van der Waals surface area contributed by atoms with Crippen LogP contribution in [0.4, 0.5) is 0 Å². The van der Waals surface area contributed by atoms with Crippen molar-refractivity contribution in [1.29, 1.82) is 0 Å².